The number of rotatable bonds is 6. The summed E-state index contributed by atoms with van der Waals surface area (Å²) < 4.78 is 23.3. The third-order valence-corrected chi connectivity index (χ3v) is 4.12. The number of hydrogen-bond acceptors (Lipinski definition) is 6. The lowest BCUT2D eigenvalue weighted by Crippen LogP contribution is -2.32. The van der Waals surface area contributed by atoms with Crippen molar-refractivity contribution in [2.45, 2.75) is 19.4 Å². The predicted octanol–water partition coefficient (Wildman–Crippen LogP) is 3.73. The number of nitrogens with zero attached hydrogens (tertiary/aromatic N) is 2. The van der Waals surface area contributed by atoms with Crippen LogP contribution in [0.3, 0.4) is 0 Å². The van der Waals surface area contributed by atoms with E-state index in [1.807, 2.05) is 24.4 Å². The maximum absolute atomic E-state index is 12.9. The van der Waals surface area contributed by atoms with Crippen molar-refractivity contribution in [1.29, 1.82) is 0 Å². The number of aromatic nitrogens is 2. The minimum atomic E-state index is -0.747. The highest BCUT2D eigenvalue weighted by Gasteiger charge is 2.22. The van der Waals surface area contributed by atoms with E-state index in [1.54, 1.807) is 0 Å². The van der Waals surface area contributed by atoms with Gasteiger partial charge < -0.3 is 10.1 Å². The van der Waals surface area contributed by atoms with Crippen LogP contribution in [0.1, 0.15) is 13.3 Å². The number of amides is 1. The zero-order chi connectivity index (χ0) is 16.9. The van der Waals surface area contributed by atoms with Crippen molar-refractivity contribution in [3.05, 3.63) is 47.6 Å². The lowest BCUT2D eigenvalue weighted by molar-refractivity contribution is -0.122. The summed E-state index contributed by atoms with van der Waals surface area (Å²) in [6.07, 6.45) is -0.314. The van der Waals surface area contributed by atoms with Gasteiger partial charge in [-0.1, -0.05) is 13.0 Å². The Labute approximate surface area is 141 Å². The number of halogens is 1. The molecule has 0 unspecified atom stereocenters. The molecule has 6 nitrogen and oxygen atoms in total. The summed E-state index contributed by atoms with van der Waals surface area (Å²) in [6, 6.07) is 9.21. The molecule has 124 valence electrons. The smallest absolute Gasteiger partial charge is 0.266 e. The second-order valence-corrected chi connectivity index (χ2v) is 5.84. The zero-order valence-corrected chi connectivity index (χ0v) is 13.5. The molecule has 0 aliphatic carbocycles. The largest absolute Gasteiger partial charge is 0.481 e. The van der Waals surface area contributed by atoms with E-state index in [1.165, 1.54) is 35.6 Å². The average Bonchev–Trinajstić information content (AvgIpc) is 3.25. The quantitative estimate of drug-likeness (QED) is 0.735. The number of benzene rings is 1. The van der Waals surface area contributed by atoms with Crippen molar-refractivity contribution >= 4 is 23.1 Å². The molecule has 1 atom stereocenters. The van der Waals surface area contributed by atoms with Crippen molar-refractivity contribution in [1.82, 2.24) is 10.3 Å². The SMILES string of the molecule is CC[C@@H](Oc1ccc(F)cc1)C(=O)Nc1nonc1-c1cccs1. The van der Waals surface area contributed by atoms with E-state index in [9.17, 15) is 9.18 Å². The van der Waals surface area contributed by atoms with Gasteiger partial charge in [0.05, 0.1) is 4.88 Å². The van der Waals surface area contributed by atoms with E-state index in [0.29, 0.717) is 17.9 Å². The van der Waals surface area contributed by atoms with Gasteiger partial charge in [0.15, 0.2) is 11.8 Å². The van der Waals surface area contributed by atoms with Gasteiger partial charge >= 0.3 is 0 Å². The summed E-state index contributed by atoms with van der Waals surface area (Å²) >= 11 is 1.46. The zero-order valence-electron chi connectivity index (χ0n) is 12.7. The molecule has 0 fully saturated rings. The van der Waals surface area contributed by atoms with Crippen LogP contribution >= 0.6 is 11.3 Å². The average molecular weight is 347 g/mol. The second kappa shape index (κ2) is 7.22. The van der Waals surface area contributed by atoms with Gasteiger partial charge in [-0.15, -0.1) is 11.3 Å². The van der Waals surface area contributed by atoms with E-state index in [4.69, 9.17) is 9.37 Å². The first kappa shape index (κ1) is 16.1. The van der Waals surface area contributed by atoms with Crippen molar-refractivity contribution in [2.75, 3.05) is 5.32 Å². The first-order chi connectivity index (χ1) is 11.7. The van der Waals surface area contributed by atoms with Gasteiger partial charge in [-0.25, -0.2) is 9.02 Å². The molecule has 1 N–H and O–H groups in total. The Morgan fingerprint density at radius 2 is 2.12 bits per heavy atom. The number of hydrogen-bond donors (Lipinski definition) is 1. The van der Waals surface area contributed by atoms with Crippen molar-refractivity contribution < 1.29 is 18.6 Å². The molecule has 3 aromatic rings. The van der Waals surface area contributed by atoms with E-state index in [0.717, 1.165) is 4.88 Å². The van der Waals surface area contributed by atoms with Gasteiger partial charge in [0.1, 0.15) is 11.6 Å². The molecule has 1 amide bonds. The molecule has 0 radical (unpaired) electrons. The van der Waals surface area contributed by atoms with Gasteiger partial charge in [-0.3, -0.25) is 4.79 Å². The molecule has 0 aliphatic heterocycles. The standard InChI is InChI=1S/C16H14FN3O3S/c1-2-12(22-11-7-5-10(17)6-8-11)16(21)18-15-14(19-23-20-15)13-4-3-9-24-13/h3-9,12H,2H2,1H3,(H,18,20,21)/t12-/m1/s1. The Bertz CT molecular complexity index is 802. The summed E-state index contributed by atoms with van der Waals surface area (Å²) in [5, 5.41) is 12.1. The molecule has 3 rings (SSSR count). The molecule has 1 aromatic carbocycles. The number of carbonyl (C=O) groups excluding carboxylic acids is 1. The van der Waals surface area contributed by atoms with Crippen LogP contribution in [0.4, 0.5) is 10.2 Å². The van der Waals surface area contributed by atoms with Gasteiger partial charge in [-0.2, -0.15) is 0 Å². The summed E-state index contributed by atoms with van der Waals surface area (Å²) in [6.45, 7) is 1.81. The number of ether oxygens (including phenoxy) is 1. The van der Waals surface area contributed by atoms with E-state index < -0.39 is 6.10 Å². The van der Waals surface area contributed by atoms with E-state index >= 15 is 0 Å². The van der Waals surface area contributed by atoms with Crippen LogP contribution in [0.2, 0.25) is 0 Å². The van der Waals surface area contributed by atoms with Crippen LogP contribution in [-0.2, 0) is 4.79 Å². The minimum absolute atomic E-state index is 0.239. The van der Waals surface area contributed by atoms with Gasteiger partial charge in [0, 0.05) is 0 Å². The normalized spacial score (nSPS) is 11.9. The molecule has 2 aromatic heterocycles. The first-order valence-corrected chi connectivity index (χ1v) is 8.15. The molecule has 0 saturated carbocycles. The molecular weight excluding hydrogens is 333 g/mol. The second-order valence-electron chi connectivity index (χ2n) is 4.90. The lowest BCUT2D eigenvalue weighted by Gasteiger charge is -2.16. The predicted molar refractivity (Wildman–Crippen MR) is 87.3 cm³/mol. The molecule has 0 bridgehead atoms. The summed E-state index contributed by atoms with van der Waals surface area (Å²) in [5.74, 6) is -0.0943. The summed E-state index contributed by atoms with van der Waals surface area (Å²) in [5.41, 5.74) is 0.468. The Balaban J connectivity index is 1.71. The molecule has 0 spiro atoms. The molecule has 2 heterocycles. The van der Waals surface area contributed by atoms with E-state index in [-0.39, 0.29) is 17.5 Å². The Morgan fingerprint density at radius 1 is 1.33 bits per heavy atom. The molecule has 8 heteroatoms. The first-order valence-electron chi connectivity index (χ1n) is 7.27. The van der Waals surface area contributed by atoms with Gasteiger partial charge in [0.25, 0.3) is 5.91 Å². The molecule has 24 heavy (non-hydrogen) atoms. The fraction of sp³-hybridized carbons (Fsp3) is 0.188. The van der Waals surface area contributed by atoms with Crippen LogP contribution in [0, 0.1) is 5.82 Å². The van der Waals surface area contributed by atoms with Gasteiger partial charge in [0.2, 0.25) is 5.82 Å². The summed E-state index contributed by atoms with van der Waals surface area (Å²) in [7, 11) is 0. The maximum Gasteiger partial charge on any atom is 0.266 e. The third kappa shape index (κ3) is 3.60. The number of carbonyl (C=O) groups is 1. The lowest BCUT2D eigenvalue weighted by atomic mass is 10.2. The third-order valence-electron chi connectivity index (χ3n) is 3.24. The maximum atomic E-state index is 12.9. The number of thiophene rings is 1. The minimum Gasteiger partial charge on any atom is -0.481 e. The topological polar surface area (TPSA) is 77.2 Å². The van der Waals surface area contributed by atoms with E-state index in [2.05, 4.69) is 15.6 Å². The van der Waals surface area contributed by atoms with Crippen LogP contribution in [0.5, 0.6) is 5.75 Å². The highest BCUT2D eigenvalue weighted by molar-refractivity contribution is 7.13. The van der Waals surface area contributed by atoms with Crippen molar-refractivity contribution in [3.8, 4) is 16.3 Å². The van der Waals surface area contributed by atoms with Gasteiger partial charge in [-0.05, 0) is 52.4 Å². The number of nitrogens with one attached hydrogen (secondary N) is 1. The Kier molecular flexibility index (Phi) is 4.85. The molecular formula is C16H14FN3O3S. The highest BCUT2D eigenvalue weighted by Crippen LogP contribution is 2.28. The van der Waals surface area contributed by atoms with Crippen LogP contribution in [-0.4, -0.2) is 22.3 Å². The number of anilines is 1. The summed E-state index contributed by atoms with van der Waals surface area (Å²) in [4.78, 5) is 13.3. The van der Waals surface area contributed by atoms with Crippen LogP contribution in [0.15, 0.2) is 46.4 Å². The highest BCUT2D eigenvalue weighted by atomic mass is 32.1. The molecule has 0 saturated heterocycles. The monoisotopic (exact) mass is 347 g/mol. The Morgan fingerprint density at radius 3 is 2.79 bits per heavy atom. The van der Waals surface area contributed by atoms with Crippen LogP contribution in [0.25, 0.3) is 10.6 Å². The molecule has 0 aliphatic rings. The van der Waals surface area contributed by atoms with Crippen molar-refractivity contribution in [3.63, 3.8) is 0 Å². The van der Waals surface area contributed by atoms with Crippen molar-refractivity contribution in [2.24, 2.45) is 0 Å². The Hall–Kier alpha value is -2.74. The van der Waals surface area contributed by atoms with Crippen LogP contribution < -0.4 is 10.1 Å². The fourth-order valence-electron chi connectivity index (χ4n) is 2.04. The fourth-order valence-corrected chi connectivity index (χ4v) is 2.75.